The number of carbonyl (C=O) groups is 1. The number of nitrogens with zero attached hydrogens (tertiary/aromatic N) is 4. The molecule has 2 aliphatic rings. The number of rotatable bonds is 3. The van der Waals surface area contributed by atoms with Gasteiger partial charge >= 0.3 is 0 Å². The molecule has 2 aromatic rings. The smallest absolute Gasteiger partial charge is 0.244 e. The largest absolute Gasteiger partial charge is 0.392 e. The average molecular weight is 374 g/mol. The molecule has 144 valence electrons. The van der Waals surface area contributed by atoms with Crippen molar-refractivity contribution < 1.29 is 18.8 Å². The Morgan fingerprint density at radius 2 is 1.96 bits per heavy atom. The van der Waals surface area contributed by atoms with Gasteiger partial charge in [0.25, 0.3) is 0 Å². The van der Waals surface area contributed by atoms with Gasteiger partial charge < -0.3 is 14.5 Å². The van der Waals surface area contributed by atoms with Crippen molar-refractivity contribution in [3.63, 3.8) is 0 Å². The molecule has 0 saturated carbocycles. The fourth-order valence-corrected chi connectivity index (χ4v) is 4.08. The lowest BCUT2D eigenvalue weighted by molar-refractivity contribution is -0.130. The third-order valence-electron chi connectivity index (χ3n) is 5.53. The van der Waals surface area contributed by atoms with E-state index in [0.717, 1.165) is 25.9 Å². The van der Waals surface area contributed by atoms with Gasteiger partial charge in [0.15, 0.2) is 0 Å². The molecule has 27 heavy (non-hydrogen) atoms. The summed E-state index contributed by atoms with van der Waals surface area (Å²) >= 11 is 0. The number of benzene rings is 1. The van der Waals surface area contributed by atoms with Gasteiger partial charge in [0, 0.05) is 38.2 Å². The van der Waals surface area contributed by atoms with Crippen molar-refractivity contribution >= 4 is 5.91 Å². The Morgan fingerprint density at radius 3 is 2.63 bits per heavy atom. The highest BCUT2D eigenvalue weighted by Gasteiger charge is 2.40. The number of aromatic nitrogens is 2. The quantitative estimate of drug-likeness (QED) is 0.885. The van der Waals surface area contributed by atoms with Gasteiger partial charge in [0.2, 0.25) is 17.6 Å². The number of halogens is 1. The molecule has 8 heteroatoms. The summed E-state index contributed by atoms with van der Waals surface area (Å²) < 4.78 is 18.6. The summed E-state index contributed by atoms with van der Waals surface area (Å²) in [6, 6.07) is 6.07. The Labute approximate surface area is 156 Å². The van der Waals surface area contributed by atoms with Gasteiger partial charge in [-0.25, -0.2) is 4.39 Å². The maximum absolute atomic E-state index is 13.1. The van der Waals surface area contributed by atoms with Crippen LogP contribution in [-0.2, 0) is 4.79 Å². The van der Waals surface area contributed by atoms with Crippen molar-refractivity contribution in [1.82, 2.24) is 19.9 Å². The number of carbonyl (C=O) groups excluding carboxylic acids is 1. The van der Waals surface area contributed by atoms with Crippen LogP contribution in [0.5, 0.6) is 0 Å². The van der Waals surface area contributed by atoms with E-state index in [-0.39, 0.29) is 23.8 Å². The average Bonchev–Trinajstić information content (AvgIpc) is 3.29. The van der Waals surface area contributed by atoms with E-state index in [4.69, 9.17) is 4.52 Å². The first-order valence-corrected chi connectivity index (χ1v) is 9.30. The first kappa shape index (κ1) is 18.1. The molecule has 3 heterocycles. The predicted molar refractivity (Wildman–Crippen MR) is 95.0 cm³/mol. The van der Waals surface area contributed by atoms with Gasteiger partial charge in [-0.3, -0.25) is 9.69 Å². The van der Waals surface area contributed by atoms with Crippen molar-refractivity contribution in [3.8, 4) is 11.4 Å². The molecule has 0 bridgehead atoms. The highest BCUT2D eigenvalue weighted by Crippen LogP contribution is 2.36. The van der Waals surface area contributed by atoms with Crippen LogP contribution in [0.2, 0.25) is 0 Å². The monoisotopic (exact) mass is 374 g/mol. The molecule has 2 saturated heterocycles. The summed E-state index contributed by atoms with van der Waals surface area (Å²) in [5.41, 5.74) is 0.686. The van der Waals surface area contributed by atoms with E-state index >= 15 is 0 Å². The lowest BCUT2D eigenvalue weighted by Gasteiger charge is -2.38. The molecule has 2 fully saturated rings. The summed E-state index contributed by atoms with van der Waals surface area (Å²) in [4.78, 5) is 20.1. The van der Waals surface area contributed by atoms with Gasteiger partial charge in [-0.1, -0.05) is 5.16 Å². The lowest BCUT2D eigenvalue weighted by Crippen LogP contribution is -2.46. The Hall–Kier alpha value is -2.32. The first-order chi connectivity index (χ1) is 13.0. The highest BCUT2D eigenvalue weighted by atomic mass is 19.1. The maximum atomic E-state index is 13.1. The zero-order valence-corrected chi connectivity index (χ0v) is 15.2. The molecule has 0 radical (unpaired) electrons. The van der Waals surface area contributed by atoms with E-state index in [1.54, 1.807) is 19.1 Å². The molecule has 2 atom stereocenters. The third-order valence-corrected chi connectivity index (χ3v) is 5.53. The Kier molecular flexibility index (Phi) is 4.92. The molecule has 1 aromatic carbocycles. The predicted octanol–water partition coefficient (Wildman–Crippen LogP) is 1.99. The zero-order valence-electron chi connectivity index (χ0n) is 15.2. The minimum Gasteiger partial charge on any atom is -0.392 e. The van der Waals surface area contributed by atoms with E-state index in [1.807, 2.05) is 4.90 Å². The second-order valence-electron chi connectivity index (χ2n) is 7.30. The lowest BCUT2D eigenvalue weighted by atomic mass is 10.0. The second-order valence-corrected chi connectivity index (χ2v) is 7.30. The number of aliphatic hydroxyl groups is 1. The molecule has 7 nitrogen and oxygen atoms in total. The van der Waals surface area contributed by atoms with Gasteiger partial charge in [0.1, 0.15) is 5.82 Å². The molecule has 0 aliphatic carbocycles. The molecule has 1 N–H and O–H groups in total. The first-order valence-electron chi connectivity index (χ1n) is 9.30. The Bertz CT molecular complexity index is 802. The summed E-state index contributed by atoms with van der Waals surface area (Å²) in [6.45, 7) is 3.61. The number of amides is 1. The van der Waals surface area contributed by atoms with Crippen molar-refractivity contribution in [3.05, 3.63) is 36.0 Å². The minimum atomic E-state index is -0.443. The molecule has 1 aromatic heterocycles. The Balaban J connectivity index is 1.50. The maximum Gasteiger partial charge on any atom is 0.244 e. The molecular formula is C19H23FN4O3. The number of likely N-dealkylation sites (tertiary alicyclic amines) is 2. The van der Waals surface area contributed by atoms with Gasteiger partial charge in [0.05, 0.1) is 12.1 Å². The van der Waals surface area contributed by atoms with Crippen molar-refractivity contribution in [2.24, 2.45) is 0 Å². The van der Waals surface area contributed by atoms with Gasteiger partial charge in [-0.05, 0) is 43.5 Å². The van der Waals surface area contributed by atoms with Gasteiger partial charge in [-0.15, -0.1) is 0 Å². The molecule has 4 rings (SSSR count). The number of aliphatic hydroxyl groups excluding tert-OH is 1. The summed E-state index contributed by atoms with van der Waals surface area (Å²) in [6.07, 6.45) is 1.82. The molecule has 2 aliphatic heterocycles. The van der Waals surface area contributed by atoms with Crippen molar-refractivity contribution in [1.29, 1.82) is 0 Å². The van der Waals surface area contributed by atoms with Crippen LogP contribution >= 0.6 is 0 Å². The topological polar surface area (TPSA) is 82.7 Å². The summed E-state index contributed by atoms with van der Waals surface area (Å²) in [5.74, 6) is 0.675. The SMILES string of the molecule is CC(=O)N1CCC(N2CC(O)CC2c2nc(-c3ccc(F)cc3)no2)CC1. The zero-order chi connectivity index (χ0) is 19.0. The van der Waals surface area contributed by atoms with E-state index in [0.29, 0.717) is 30.2 Å². The summed E-state index contributed by atoms with van der Waals surface area (Å²) in [5, 5.41) is 14.2. The van der Waals surface area contributed by atoms with Crippen LogP contribution in [0.15, 0.2) is 28.8 Å². The van der Waals surface area contributed by atoms with Crippen molar-refractivity contribution in [2.45, 2.75) is 44.4 Å². The van der Waals surface area contributed by atoms with Crippen LogP contribution in [0.1, 0.15) is 38.1 Å². The number of hydrogen-bond acceptors (Lipinski definition) is 6. The number of hydrogen-bond donors (Lipinski definition) is 1. The summed E-state index contributed by atoms with van der Waals surface area (Å²) in [7, 11) is 0. The van der Waals surface area contributed by atoms with E-state index in [9.17, 15) is 14.3 Å². The van der Waals surface area contributed by atoms with E-state index < -0.39 is 6.10 Å². The number of β-amino-alcohol motifs (C(OH)–C–C–N with tert-alkyl or cyclic N) is 1. The second kappa shape index (κ2) is 7.36. The fourth-order valence-electron chi connectivity index (χ4n) is 4.08. The molecular weight excluding hydrogens is 351 g/mol. The molecule has 1 amide bonds. The minimum absolute atomic E-state index is 0.104. The van der Waals surface area contributed by atoms with E-state index in [1.165, 1.54) is 12.1 Å². The van der Waals surface area contributed by atoms with Crippen LogP contribution in [0.3, 0.4) is 0 Å². The van der Waals surface area contributed by atoms with Crippen LogP contribution < -0.4 is 0 Å². The fraction of sp³-hybridized carbons (Fsp3) is 0.526. The molecule has 0 spiro atoms. The standard InChI is InChI=1S/C19H23FN4O3/c1-12(25)23-8-6-15(7-9-23)24-11-16(26)10-17(24)19-21-18(22-27-19)13-2-4-14(20)5-3-13/h2-5,15-17,26H,6-11H2,1H3. The van der Waals surface area contributed by atoms with Crippen LogP contribution in [0.25, 0.3) is 11.4 Å². The van der Waals surface area contributed by atoms with Crippen LogP contribution in [0, 0.1) is 5.82 Å². The van der Waals surface area contributed by atoms with Crippen molar-refractivity contribution in [2.75, 3.05) is 19.6 Å². The Morgan fingerprint density at radius 1 is 1.26 bits per heavy atom. The van der Waals surface area contributed by atoms with Gasteiger partial charge in [-0.2, -0.15) is 4.98 Å². The third kappa shape index (κ3) is 3.72. The molecule has 2 unspecified atom stereocenters. The van der Waals surface area contributed by atoms with Crippen LogP contribution in [0.4, 0.5) is 4.39 Å². The van der Waals surface area contributed by atoms with Crippen LogP contribution in [-0.4, -0.2) is 62.7 Å². The number of piperidine rings is 1. The normalized spacial score (nSPS) is 24.5. The highest BCUT2D eigenvalue weighted by molar-refractivity contribution is 5.73. The van der Waals surface area contributed by atoms with E-state index in [2.05, 4.69) is 15.0 Å².